The molecule has 1 aromatic carbocycles. The van der Waals surface area contributed by atoms with Crippen LogP contribution in [-0.2, 0) is 0 Å². The maximum absolute atomic E-state index is 4.86. The van der Waals surface area contributed by atoms with Gasteiger partial charge in [-0.2, -0.15) is 0 Å². The molecule has 3 heterocycles. The average Bonchev–Trinajstić information content (AvgIpc) is 3.11. The normalized spacial score (nSPS) is 20.3. The van der Waals surface area contributed by atoms with Crippen molar-refractivity contribution in [1.82, 2.24) is 14.9 Å². The minimum Gasteiger partial charge on any atom is -0.340 e. The number of imidazole rings is 1. The molecule has 0 bridgehead atoms. The number of H-pyrrole nitrogens is 1. The highest BCUT2D eigenvalue weighted by molar-refractivity contribution is 6.04. The Labute approximate surface area is 124 Å². The molecule has 4 rings (SSSR count). The van der Waals surface area contributed by atoms with Crippen molar-refractivity contribution in [2.45, 2.75) is 19.4 Å². The Kier molecular flexibility index (Phi) is 2.74. The van der Waals surface area contributed by atoms with E-state index in [-0.39, 0.29) is 0 Å². The van der Waals surface area contributed by atoms with E-state index in [1.54, 1.807) is 0 Å². The molecule has 21 heavy (non-hydrogen) atoms. The summed E-state index contributed by atoms with van der Waals surface area (Å²) in [5.41, 5.74) is 2.16. The van der Waals surface area contributed by atoms with Crippen LogP contribution in [0.15, 0.2) is 35.3 Å². The fraction of sp³-hybridized carbons (Fsp3) is 0.375. The molecule has 1 aromatic heterocycles. The van der Waals surface area contributed by atoms with Crippen molar-refractivity contribution in [3.05, 3.63) is 36.0 Å². The number of benzene rings is 1. The number of anilines is 1. The van der Waals surface area contributed by atoms with Gasteiger partial charge in [-0.25, -0.2) is 4.98 Å². The molecule has 2 aliphatic heterocycles. The van der Waals surface area contributed by atoms with E-state index in [0.717, 1.165) is 48.4 Å². The lowest BCUT2D eigenvalue weighted by atomic mass is 10.2. The van der Waals surface area contributed by atoms with Gasteiger partial charge in [-0.15, -0.1) is 0 Å². The number of hydrogen-bond donors (Lipinski definition) is 1. The fourth-order valence-electron chi connectivity index (χ4n) is 3.06. The van der Waals surface area contributed by atoms with Gasteiger partial charge in [0.1, 0.15) is 11.5 Å². The first kappa shape index (κ1) is 12.4. The first-order valence-electron chi connectivity index (χ1n) is 7.46. The SMILES string of the molecule is CC[C@@H]1CN2CN(C)c3nc(-c4ccccc4)[nH]c3C2=N1. The lowest BCUT2D eigenvalue weighted by Crippen LogP contribution is -2.44. The van der Waals surface area contributed by atoms with Crippen LogP contribution in [0.4, 0.5) is 5.82 Å². The molecule has 1 N–H and O–H groups in total. The third-order valence-electron chi connectivity index (χ3n) is 4.21. The van der Waals surface area contributed by atoms with E-state index < -0.39 is 0 Å². The maximum atomic E-state index is 4.86. The minimum atomic E-state index is 0.405. The summed E-state index contributed by atoms with van der Waals surface area (Å²) in [4.78, 5) is 17.6. The van der Waals surface area contributed by atoms with E-state index in [9.17, 15) is 0 Å². The molecule has 1 atom stereocenters. The molecule has 108 valence electrons. The minimum absolute atomic E-state index is 0.405. The van der Waals surface area contributed by atoms with Crippen LogP contribution in [0.3, 0.4) is 0 Å². The highest BCUT2D eigenvalue weighted by atomic mass is 15.4. The summed E-state index contributed by atoms with van der Waals surface area (Å²) in [7, 11) is 2.09. The molecule has 5 heteroatoms. The van der Waals surface area contributed by atoms with Gasteiger partial charge in [0.15, 0.2) is 11.7 Å². The largest absolute Gasteiger partial charge is 0.340 e. The van der Waals surface area contributed by atoms with Crippen LogP contribution in [-0.4, -0.2) is 47.0 Å². The van der Waals surface area contributed by atoms with Crippen LogP contribution in [0, 0.1) is 0 Å². The second-order valence-electron chi connectivity index (χ2n) is 5.73. The van der Waals surface area contributed by atoms with Crippen molar-refractivity contribution in [1.29, 1.82) is 0 Å². The van der Waals surface area contributed by atoms with E-state index >= 15 is 0 Å². The molecule has 2 aliphatic rings. The number of aromatic nitrogens is 2. The van der Waals surface area contributed by atoms with Gasteiger partial charge in [0.2, 0.25) is 0 Å². The van der Waals surface area contributed by atoms with Crippen LogP contribution in [0.2, 0.25) is 0 Å². The Bertz CT molecular complexity index is 688. The molecule has 2 aromatic rings. The summed E-state index contributed by atoms with van der Waals surface area (Å²) in [6, 6.07) is 10.6. The van der Waals surface area contributed by atoms with Gasteiger partial charge in [-0.3, -0.25) is 4.99 Å². The number of rotatable bonds is 2. The number of hydrogen-bond acceptors (Lipinski definition) is 4. The van der Waals surface area contributed by atoms with Crippen molar-refractivity contribution in [2.24, 2.45) is 4.99 Å². The number of nitrogens with one attached hydrogen (secondary N) is 1. The monoisotopic (exact) mass is 281 g/mol. The maximum Gasteiger partial charge on any atom is 0.159 e. The van der Waals surface area contributed by atoms with Gasteiger partial charge in [0.05, 0.1) is 12.7 Å². The van der Waals surface area contributed by atoms with E-state index in [4.69, 9.17) is 9.98 Å². The first-order valence-corrected chi connectivity index (χ1v) is 7.46. The van der Waals surface area contributed by atoms with Crippen LogP contribution in [0.25, 0.3) is 11.4 Å². The Hall–Kier alpha value is -2.30. The molecule has 0 aliphatic carbocycles. The van der Waals surface area contributed by atoms with Gasteiger partial charge in [-0.1, -0.05) is 37.3 Å². The van der Waals surface area contributed by atoms with Gasteiger partial charge in [-0.05, 0) is 6.42 Å². The molecule has 0 fully saturated rings. The number of aliphatic imine (C=N–C) groups is 1. The quantitative estimate of drug-likeness (QED) is 0.919. The second-order valence-corrected chi connectivity index (χ2v) is 5.73. The third-order valence-corrected chi connectivity index (χ3v) is 4.21. The number of aromatic amines is 1. The molecule has 0 spiro atoms. The Balaban J connectivity index is 1.80. The molecule has 0 saturated heterocycles. The van der Waals surface area contributed by atoms with Gasteiger partial charge < -0.3 is 14.8 Å². The summed E-state index contributed by atoms with van der Waals surface area (Å²) in [5.74, 6) is 2.99. The average molecular weight is 281 g/mol. The molecular formula is C16H19N5. The molecule has 5 nitrogen and oxygen atoms in total. The Morgan fingerprint density at radius 3 is 2.86 bits per heavy atom. The van der Waals surface area contributed by atoms with E-state index in [1.165, 1.54) is 0 Å². The predicted molar refractivity (Wildman–Crippen MR) is 84.6 cm³/mol. The van der Waals surface area contributed by atoms with E-state index in [1.807, 2.05) is 18.2 Å². The van der Waals surface area contributed by atoms with Crippen LogP contribution >= 0.6 is 0 Å². The van der Waals surface area contributed by atoms with Crippen molar-refractivity contribution < 1.29 is 0 Å². The zero-order valence-electron chi connectivity index (χ0n) is 12.4. The Morgan fingerprint density at radius 1 is 1.29 bits per heavy atom. The highest BCUT2D eigenvalue weighted by Gasteiger charge is 2.34. The van der Waals surface area contributed by atoms with E-state index in [0.29, 0.717) is 6.04 Å². The molecule has 0 unspecified atom stereocenters. The summed E-state index contributed by atoms with van der Waals surface area (Å²) >= 11 is 0. The fourth-order valence-corrected chi connectivity index (χ4v) is 3.06. The van der Waals surface area contributed by atoms with Crippen molar-refractivity contribution in [2.75, 3.05) is 25.2 Å². The predicted octanol–water partition coefficient (Wildman–Crippen LogP) is 2.32. The number of amidine groups is 1. The second kappa shape index (κ2) is 4.62. The zero-order valence-corrected chi connectivity index (χ0v) is 12.4. The topological polar surface area (TPSA) is 47.5 Å². The van der Waals surface area contributed by atoms with Crippen LogP contribution in [0.5, 0.6) is 0 Å². The number of fused-ring (bicyclic) bond motifs is 3. The van der Waals surface area contributed by atoms with Crippen molar-refractivity contribution in [3.63, 3.8) is 0 Å². The number of nitrogens with zero attached hydrogens (tertiary/aromatic N) is 4. The summed E-state index contributed by atoms with van der Waals surface area (Å²) in [5, 5.41) is 0. The van der Waals surface area contributed by atoms with Gasteiger partial charge in [0, 0.05) is 19.2 Å². The Morgan fingerprint density at radius 2 is 2.10 bits per heavy atom. The smallest absolute Gasteiger partial charge is 0.159 e. The summed E-state index contributed by atoms with van der Waals surface area (Å²) in [6.45, 7) is 4.07. The van der Waals surface area contributed by atoms with Crippen LogP contribution in [0.1, 0.15) is 19.0 Å². The lowest BCUT2D eigenvalue weighted by Gasteiger charge is -2.32. The molecule has 0 saturated carbocycles. The third kappa shape index (κ3) is 1.92. The van der Waals surface area contributed by atoms with Crippen LogP contribution < -0.4 is 4.90 Å². The molecule has 0 radical (unpaired) electrons. The zero-order chi connectivity index (χ0) is 14.4. The van der Waals surface area contributed by atoms with Gasteiger partial charge >= 0.3 is 0 Å². The standard InChI is InChI=1S/C16H19N5/c1-3-12-9-21-10-20(2)15-13(16(21)17-12)18-14(19-15)11-7-5-4-6-8-11/h4-8,12H,3,9-10H2,1-2H3,(H,18,19)/t12-/m1/s1. The summed E-state index contributed by atoms with van der Waals surface area (Å²) < 4.78 is 0. The van der Waals surface area contributed by atoms with Crippen molar-refractivity contribution in [3.8, 4) is 11.4 Å². The highest BCUT2D eigenvalue weighted by Crippen LogP contribution is 2.31. The first-order chi connectivity index (χ1) is 10.3. The van der Waals surface area contributed by atoms with Crippen molar-refractivity contribution >= 4 is 11.7 Å². The lowest BCUT2D eigenvalue weighted by molar-refractivity contribution is 0.414. The summed E-state index contributed by atoms with van der Waals surface area (Å²) in [6.07, 6.45) is 1.08. The van der Waals surface area contributed by atoms with Gasteiger partial charge in [0.25, 0.3) is 0 Å². The molecule has 0 amide bonds. The van der Waals surface area contributed by atoms with E-state index in [2.05, 4.69) is 40.9 Å². The molecular weight excluding hydrogens is 262 g/mol.